The molecule has 8 heteroatoms. The van der Waals surface area contributed by atoms with Gasteiger partial charge in [-0.3, -0.25) is 0 Å². The molecule has 0 aromatic carbocycles. The molecule has 0 radical (unpaired) electrons. The number of likely N-dealkylation sites (N-methyl/N-ethyl adjacent to an activating group) is 1. The van der Waals surface area contributed by atoms with E-state index < -0.39 is 16.0 Å². The molecule has 0 aliphatic rings. The number of aromatic nitrogens is 1. The zero-order valence-corrected chi connectivity index (χ0v) is 13.6. The van der Waals surface area contributed by atoms with Gasteiger partial charge >= 0.3 is 5.97 Å². The summed E-state index contributed by atoms with van der Waals surface area (Å²) < 4.78 is 28.4. The Morgan fingerprint density at radius 2 is 2.10 bits per heavy atom. The van der Waals surface area contributed by atoms with E-state index in [-0.39, 0.29) is 23.2 Å². The summed E-state index contributed by atoms with van der Waals surface area (Å²) in [5.41, 5.74) is -0.0158. The minimum Gasteiger partial charge on any atom is -0.477 e. The number of aromatic carboxylic acids is 1. The van der Waals surface area contributed by atoms with Gasteiger partial charge in [-0.05, 0) is 33.5 Å². The average molecular weight is 317 g/mol. The highest BCUT2D eigenvalue weighted by atomic mass is 32.2. The summed E-state index contributed by atoms with van der Waals surface area (Å²) in [6.45, 7) is 4.52. The second kappa shape index (κ2) is 7.06. The van der Waals surface area contributed by atoms with Crippen LogP contribution >= 0.6 is 0 Å². The molecule has 0 saturated carbocycles. The van der Waals surface area contributed by atoms with Crippen molar-refractivity contribution in [3.8, 4) is 0 Å². The Bertz CT molecular complexity index is 593. The van der Waals surface area contributed by atoms with Crippen LogP contribution in [0.2, 0.25) is 0 Å². The van der Waals surface area contributed by atoms with Crippen molar-refractivity contribution in [1.82, 2.24) is 14.2 Å². The van der Waals surface area contributed by atoms with Crippen LogP contribution in [0.5, 0.6) is 0 Å². The van der Waals surface area contributed by atoms with E-state index in [2.05, 4.69) is 4.72 Å². The van der Waals surface area contributed by atoms with Crippen molar-refractivity contribution in [3.63, 3.8) is 0 Å². The van der Waals surface area contributed by atoms with Gasteiger partial charge in [0, 0.05) is 25.3 Å². The smallest absolute Gasteiger partial charge is 0.352 e. The highest BCUT2D eigenvalue weighted by Gasteiger charge is 2.21. The highest BCUT2D eigenvalue weighted by Crippen LogP contribution is 2.15. The molecular weight excluding hydrogens is 294 g/mol. The van der Waals surface area contributed by atoms with Gasteiger partial charge in [-0.25, -0.2) is 17.9 Å². The number of nitrogens with zero attached hydrogens (tertiary/aromatic N) is 2. The van der Waals surface area contributed by atoms with Crippen LogP contribution in [0.4, 0.5) is 0 Å². The third kappa shape index (κ3) is 4.55. The summed E-state index contributed by atoms with van der Waals surface area (Å²) in [7, 11) is 0.0175. The van der Waals surface area contributed by atoms with Gasteiger partial charge in [-0.1, -0.05) is 6.92 Å². The Hall–Kier alpha value is -1.38. The first-order chi connectivity index (χ1) is 9.69. The van der Waals surface area contributed by atoms with Crippen LogP contribution in [-0.2, 0) is 16.6 Å². The van der Waals surface area contributed by atoms with E-state index >= 15 is 0 Å². The van der Waals surface area contributed by atoms with Crippen LogP contribution in [0.25, 0.3) is 0 Å². The van der Waals surface area contributed by atoms with E-state index in [1.165, 1.54) is 16.8 Å². The summed E-state index contributed by atoms with van der Waals surface area (Å²) >= 11 is 0. The molecule has 120 valence electrons. The summed E-state index contributed by atoms with van der Waals surface area (Å²) in [5.74, 6) is -1.13. The molecule has 21 heavy (non-hydrogen) atoms. The largest absolute Gasteiger partial charge is 0.477 e. The fourth-order valence-corrected chi connectivity index (χ4v) is 2.89. The predicted molar refractivity (Wildman–Crippen MR) is 80.0 cm³/mol. The maximum atomic E-state index is 12.2. The average Bonchev–Trinajstić information content (AvgIpc) is 2.81. The van der Waals surface area contributed by atoms with Crippen molar-refractivity contribution in [2.45, 2.75) is 37.8 Å². The normalized spacial score (nSPS) is 13.6. The van der Waals surface area contributed by atoms with Gasteiger partial charge in [-0.15, -0.1) is 0 Å². The van der Waals surface area contributed by atoms with Crippen LogP contribution in [-0.4, -0.2) is 55.6 Å². The third-order valence-electron chi connectivity index (χ3n) is 3.32. The predicted octanol–water partition coefficient (Wildman–Crippen LogP) is 0.825. The lowest BCUT2D eigenvalue weighted by atomic mass is 10.3. The number of aryl methyl sites for hydroxylation is 1. The van der Waals surface area contributed by atoms with Crippen LogP contribution in [0, 0.1) is 0 Å². The van der Waals surface area contributed by atoms with Crippen molar-refractivity contribution in [1.29, 1.82) is 0 Å². The Balaban J connectivity index is 2.98. The summed E-state index contributed by atoms with van der Waals surface area (Å²) in [6, 6.07) is 1.23. The van der Waals surface area contributed by atoms with Gasteiger partial charge in [0.15, 0.2) is 0 Å². The van der Waals surface area contributed by atoms with Crippen molar-refractivity contribution in [2.24, 2.45) is 0 Å². The van der Waals surface area contributed by atoms with Gasteiger partial charge in [0.25, 0.3) is 0 Å². The zero-order chi connectivity index (χ0) is 16.2. The Labute approximate surface area is 125 Å². The molecule has 7 nitrogen and oxygen atoms in total. The number of rotatable bonds is 8. The van der Waals surface area contributed by atoms with Crippen LogP contribution in [0.1, 0.15) is 30.8 Å². The van der Waals surface area contributed by atoms with Crippen molar-refractivity contribution in [2.75, 3.05) is 20.6 Å². The van der Waals surface area contributed by atoms with Crippen molar-refractivity contribution < 1.29 is 18.3 Å². The number of hydrogen-bond donors (Lipinski definition) is 2. The summed E-state index contributed by atoms with van der Waals surface area (Å²) in [4.78, 5) is 13.0. The first-order valence-corrected chi connectivity index (χ1v) is 8.27. The maximum Gasteiger partial charge on any atom is 0.352 e. The number of hydrogen-bond acceptors (Lipinski definition) is 4. The molecule has 0 bridgehead atoms. The van der Waals surface area contributed by atoms with Crippen molar-refractivity contribution in [3.05, 3.63) is 18.0 Å². The maximum absolute atomic E-state index is 12.2. The molecule has 0 fully saturated rings. The number of nitrogens with one attached hydrogen (secondary N) is 1. The molecule has 1 aromatic rings. The molecule has 1 rings (SSSR count). The number of carboxylic acids is 1. The Morgan fingerprint density at radius 3 is 2.57 bits per heavy atom. The van der Waals surface area contributed by atoms with Gasteiger partial charge in [0.05, 0.1) is 0 Å². The SMILES string of the molecule is CCCn1cc(S(=O)(=O)NCC(C)N(C)C)cc1C(=O)O. The molecule has 1 unspecified atom stereocenters. The minimum absolute atomic E-state index is 0.0145. The van der Waals surface area contributed by atoms with Gasteiger partial charge in [-0.2, -0.15) is 0 Å². The van der Waals surface area contributed by atoms with E-state index in [1.54, 1.807) is 0 Å². The summed E-state index contributed by atoms with van der Waals surface area (Å²) in [6.07, 6.45) is 2.09. The quantitative estimate of drug-likeness (QED) is 0.741. The lowest BCUT2D eigenvalue weighted by molar-refractivity contribution is 0.0685. The van der Waals surface area contributed by atoms with Crippen LogP contribution in [0.15, 0.2) is 17.2 Å². The van der Waals surface area contributed by atoms with Crippen LogP contribution in [0.3, 0.4) is 0 Å². The van der Waals surface area contributed by atoms with E-state index in [0.717, 1.165) is 6.42 Å². The molecule has 0 amide bonds. The van der Waals surface area contributed by atoms with E-state index in [0.29, 0.717) is 6.54 Å². The van der Waals surface area contributed by atoms with E-state index in [1.807, 2.05) is 32.8 Å². The Kier molecular flexibility index (Phi) is 5.94. The molecular formula is C13H23N3O4S. The fraction of sp³-hybridized carbons (Fsp3) is 0.615. The van der Waals surface area contributed by atoms with Crippen LogP contribution < -0.4 is 4.72 Å². The molecule has 1 aromatic heterocycles. The Morgan fingerprint density at radius 1 is 1.48 bits per heavy atom. The standard InChI is InChI=1S/C13H23N3O4S/c1-5-6-16-9-11(7-12(16)13(17)18)21(19,20)14-8-10(2)15(3)4/h7,9-10,14H,5-6,8H2,1-4H3,(H,17,18). The fourth-order valence-electron chi connectivity index (χ4n) is 1.73. The van der Waals surface area contributed by atoms with E-state index in [9.17, 15) is 13.2 Å². The highest BCUT2D eigenvalue weighted by molar-refractivity contribution is 7.89. The lowest BCUT2D eigenvalue weighted by Gasteiger charge is -2.19. The zero-order valence-electron chi connectivity index (χ0n) is 12.8. The number of sulfonamides is 1. The molecule has 0 aliphatic carbocycles. The van der Waals surface area contributed by atoms with Gasteiger partial charge in [0.1, 0.15) is 10.6 Å². The lowest BCUT2D eigenvalue weighted by Crippen LogP contribution is -2.38. The summed E-state index contributed by atoms with van der Waals surface area (Å²) in [5, 5.41) is 9.12. The first-order valence-electron chi connectivity index (χ1n) is 6.78. The minimum atomic E-state index is -3.70. The van der Waals surface area contributed by atoms with Crippen molar-refractivity contribution >= 4 is 16.0 Å². The van der Waals surface area contributed by atoms with E-state index in [4.69, 9.17) is 5.11 Å². The second-order valence-corrected chi connectivity index (χ2v) is 6.99. The number of carboxylic acid groups (broad SMARTS) is 1. The molecule has 0 aliphatic heterocycles. The molecule has 1 heterocycles. The number of carbonyl (C=O) groups is 1. The monoisotopic (exact) mass is 317 g/mol. The molecule has 0 spiro atoms. The molecule has 0 saturated heterocycles. The third-order valence-corrected chi connectivity index (χ3v) is 4.71. The topological polar surface area (TPSA) is 91.6 Å². The molecule has 2 N–H and O–H groups in total. The molecule has 1 atom stereocenters. The van der Waals surface area contributed by atoms with Gasteiger partial charge < -0.3 is 14.6 Å². The first kappa shape index (κ1) is 17.7. The van der Waals surface area contributed by atoms with Gasteiger partial charge in [0.2, 0.25) is 10.0 Å². The second-order valence-electron chi connectivity index (χ2n) is 5.22.